The van der Waals surface area contributed by atoms with Gasteiger partial charge in [-0.15, -0.1) is 0 Å². The fourth-order valence-corrected chi connectivity index (χ4v) is 1.67. The van der Waals surface area contributed by atoms with E-state index in [0.29, 0.717) is 13.2 Å². The number of ether oxygens (including phenoxy) is 1. The molecule has 1 saturated heterocycles. The molecular weight excluding hydrogens is 194 g/mol. The highest BCUT2D eigenvalue weighted by atomic mass is 16.5. The average Bonchev–Trinajstić information content (AvgIpc) is 2.30. The molecule has 0 amide bonds. The molecule has 4 nitrogen and oxygen atoms in total. The summed E-state index contributed by atoms with van der Waals surface area (Å²) in [5, 5.41) is 8.85. The van der Waals surface area contributed by atoms with Crippen LogP contribution in [0.15, 0.2) is 30.3 Å². The zero-order valence-corrected chi connectivity index (χ0v) is 8.30. The van der Waals surface area contributed by atoms with Crippen molar-refractivity contribution >= 4 is 11.7 Å². The number of para-hydroxylation sites is 1. The van der Waals surface area contributed by atoms with Crippen LogP contribution in [0.2, 0.25) is 0 Å². The largest absolute Gasteiger partial charge is 0.479 e. The fourth-order valence-electron chi connectivity index (χ4n) is 1.67. The van der Waals surface area contributed by atoms with Gasteiger partial charge in [-0.2, -0.15) is 0 Å². The first-order valence-electron chi connectivity index (χ1n) is 4.92. The summed E-state index contributed by atoms with van der Waals surface area (Å²) in [4.78, 5) is 12.8. The van der Waals surface area contributed by atoms with Crippen LogP contribution < -0.4 is 4.90 Å². The van der Waals surface area contributed by atoms with E-state index in [4.69, 9.17) is 9.84 Å². The van der Waals surface area contributed by atoms with Crippen LogP contribution in [-0.4, -0.2) is 36.9 Å². The first-order valence-corrected chi connectivity index (χ1v) is 4.92. The number of rotatable bonds is 2. The van der Waals surface area contributed by atoms with Gasteiger partial charge in [0.1, 0.15) is 0 Å². The van der Waals surface area contributed by atoms with Gasteiger partial charge in [-0.1, -0.05) is 18.2 Å². The number of hydrogen-bond donors (Lipinski definition) is 1. The molecule has 1 N–H and O–H groups in total. The van der Waals surface area contributed by atoms with Crippen LogP contribution in [0.25, 0.3) is 0 Å². The van der Waals surface area contributed by atoms with Gasteiger partial charge < -0.3 is 14.7 Å². The number of nitrogens with zero attached hydrogens (tertiary/aromatic N) is 1. The Hall–Kier alpha value is -1.55. The van der Waals surface area contributed by atoms with Crippen LogP contribution in [0.4, 0.5) is 5.69 Å². The molecule has 0 aromatic heterocycles. The number of carboxylic acids is 1. The zero-order valence-electron chi connectivity index (χ0n) is 8.30. The topological polar surface area (TPSA) is 49.8 Å². The van der Waals surface area contributed by atoms with Gasteiger partial charge in [0.15, 0.2) is 6.10 Å². The molecule has 0 bridgehead atoms. The van der Waals surface area contributed by atoms with E-state index < -0.39 is 12.1 Å². The Morgan fingerprint density at radius 2 is 2.13 bits per heavy atom. The molecule has 15 heavy (non-hydrogen) atoms. The number of aliphatic carboxylic acids is 1. The maximum Gasteiger partial charge on any atom is 0.334 e. The van der Waals surface area contributed by atoms with Gasteiger partial charge in [-0.05, 0) is 12.1 Å². The first kappa shape index (κ1) is 9.98. The summed E-state index contributed by atoms with van der Waals surface area (Å²) in [6.07, 6.45) is -0.709. The van der Waals surface area contributed by atoms with Crippen LogP contribution in [0, 0.1) is 0 Å². The molecule has 0 saturated carbocycles. The molecule has 1 fully saturated rings. The van der Waals surface area contributed by atoms with Crippen LogP contribution in [0.1, 0.15) is 0 Å². The van der Waals surface area contributed by atoms with E-state index in [1.807, 2.05) is 35.2 Å². The number of benzene rings is 1. The molecule has 0 radical (unpaired) electrons. The Kier molecular flexibility index (Phi) is 2.87. The molecule has 1 atom stereocenters. The summed E-state index contributed by atoms with van der Waals surface area (Å²) < 4.78 is 5.15. The van der Waals surface area contributed by atoms with Crippen molar-refractivity contribution in [2.24, 2.45) is 0 Å². The third-order valence-electron chi connectivity index (χ3n) is 2.46. The molecule has 80 valence electrons. The maximum absolute atomic E-state index is 10.8. The molecular formula is C11H13NO3. The second-order valence-corrected chi connectivity index (χ2v) is 3.48. The van der Waals surface area contributed by atoms with Crippen LogP contribution in [0.3, 0.4) is 0 Å². The molecule has 2 rings (SSSR count). The van der Waals surface area contributed by atoms with E-state index in [1.165, 1.54) is 0 Å². The minimum absolute atomic E-state index is 0.416. The number of carboxylic acid groups (broad SMARTS) is 1. The van der Waals surface area contributed by atoms with Gasteiger partial charge in [0.2, 0.25) is 0 Å². The molecule has 0 aliphatic carbocycles. The molecule has 4 heteroatoms. The Balaban J connectivity index is 2.08. The van der Waals surface area contributed by atoms with Gasteiger partial charge in [0.05, 0.1) is 13.2 Å². The van der Waals surface area contributed by atoms with Gasteiger partial charge in [-0.3, -0.25) is 0 Å². The van der Waals surface area contributed by atoms with Gasteiger partial charge in [0.25, 0.3) is 0 Å². The summed E-state index contributed by atoms with van der Waals surface area (Å²) in [7, 11) is 0. The molecule has 1 aromatic carbocycles. The summed E-state index contributed by atoms with van der Waals surface area (Å²) in [5.41, 5.74) is 1.05. The van der Waals surface area contributed by atoms with E-state index in [0.717, 1.165) is 12.2 Å². The predicted molar refractivity (Wildman–Crippen MR) is 56.0 cm³/mol. The molecule has 1 heterocycles. The van der Waals surface area contributed by atoms with Crippen molar-refractivity contribution in [3.05, 3.63) is 30.3 Å². The van der Waals surface area contributed by atoms with E-state index in [1.54, 1.807) is 0 Å². The highest BCUT2D eigenvalue weighted by Gasteiger charge is 2.25. The standard InChI is InChI=1S/C11H13NO3/c13-11(14)10-8-12(6-7-15-10)9-4-2-1-3-5-9/h1-5,10H,6-8H2,(H,13,14). The summed E-state index contributed by atoms with van der Waals surface area (Å²) >= 11 is 0. The predicted octanol–water partition coefficient (Wildman–Crippen LogP) is 0.976. The third-order valence-corrected chi connectivity index (χ3v) is 2.46. The second-order valence-electron chi connectivity index (χ2n) is 3.48. The molecule has 1 aliphatic rings. The maximum atomic E-state index is 10.8. The molecule has 0 spiro atoms. The van der Waals surface area contributed by atoms with E-state index >= 15 is 0 Å². The highest BCUT2D eigenvalue weighted by molar-refractivity contribution is 5.73. The smallest absolute Gasteiger partial charge is 0.334 e. The lowest BCUT2D eigenvalue weighted by Crippen LogP contribution is -2.46. The van der Waals surface area contributed by atoms with Gasteiger partial charge in [0, 0.05) is 12.2 Å². The average molecular weight is 207 g/mol. The van der Waals surface area contributed by atoms with Crippen molar-refractivity contribution in [3.63, 3.8) is 0 Å². The van der Waals surface area contributed by atoms with Crippen molar-refractivity contribution in [2.75, 3.05) is 24.6 Å². The van der Waals surface area contributed by atoms with Gasteiger partial charge >= 0.3 is 5.97 Å². The number of anilines is 1. The van der Waals surface area contributed by atoms with Crippen molar-refractivity contribution in [1.29, 1.82) is 0 Å². The van der Waals surface area contributed by atoms with Crippen molar-refractivity contribution in [3.8, 4) is 0 Å². The third kappa shape index (κ3) is 2.27. The van der Waals surface area contributed by atoms with Crippen LogP contribution in [0.5, 0.6) is 0 Å². The SMILES string of the molecule is O=C(O)C1CN(c2ccccc2)CCO1. The fraction of sp³-hybridized carbons (Fsp3) is 0.364. The number of morpholine rings is 1. The van der Waals surface area contributed by atoms with E-state index in [-0.39, 0.29) is 0 Å². The number of carbonyl (C=O) groups is 1. The molecule has 1 aliphatic heterocycles. The Bertz CT molecular complexity index is 339. The monoisotopic (exact) mass is 207 g/mol. The van der Waals surface area contributed by atoms with Crippen molar-refractivity contribution < 1.29 is 14.6 Å². The van der Waals surface area contributed by atoms with Crippen molar-refractivity contribution in [2.45, 2.75) is 6.10 Å². The lowest BCUT2D eigenvalue weighted by Gasteiger charge is -2.32. The lowest BCUT2D eigenvalue weighted by atomic mass is 10.2. The normalized spacial score (nSPS) is 21.3. The van der Waals surface area contributed by atoms with Gasteiger partial charge in [-0.25, -0.2) is 4.79 Å². The van der Waals surface area contributed by atoms with Crippen LogP contribution >= 0.6 is 0 Å². The van der Waals surface area contributed by atoms with E-state index in [9.17, 15) is 4.79 Å². The summed E-state index contributed by atoms with van der Waals surface area (Å²) in [5.74, 6) is -0.893. The minimum Gasteiger partial charge on any atom is -0.479 e. The Morgan fingerprint density at radius 1 is 1.40 bits per heavy atom. The zero-order chi connectivity index (χ0) is 10.7. The Labute approximate surface area is 88.1 Å². The molecule has 1 aromatic rings. The quantitative estimate of drug-likeness (QED) is 0.785. The summed E-state index contributed by atoms with van der Waals surface area (Å²) in [6.45, 7) is 1.62. The highest BCUT2D eigenvalue weighted by Crippen LogP contribution is 2.16. The first-order chi connectivity index (χ1) is 7.27. The van der Waals surface area contributed by atoms with Crippen molar-refractivity contribution in [1.82, 2.24) is 0 Å². The van der Waals surface area contributed by atoms with E-state index in [2.05, 4.69) is 0 Å². The Morgan fingerprint density at radius 3 is 2.80 bits per heavy atom. The summed E-state index contributed by atoms with van der Waals surface area (Å²) in [6, 6.07) is 9.79. The number of hydrogen-bond acceptors (Lipinski definition) is 3. The molecule has 1 unspecified atom stereocenters. The minimum atomic E-state index is -0.893. The van der Waals surface area contributed by atoms with Crippen LogP contribution in [-0.2, 0) is 9.53 Å². The second kappa shape index (κ2) is 4.31. The lowest BCUT2D eigenvalue weighted by molar-refractivity contribution is -0.150.